The van der Waals surface area contributed by atoms with Crippen LogP contribution >= 0.6 is 11.3 Å². The topological polar surface area (TPSA) is 66.0 Å². The Morgan fingerprint density at radius 1 is 1.38 bits per heavy atom. The van der Waals surface area contributed by atoms with Crippen LogP contribution in [0.2, 0.25) is 0 Å². The summed E-state index contributed by atoms with van der Waals surface area (Å²) in [5, 5.41) is 3.09. The summed E-state index contributed by atoms with van der Waals surface area (Å²) in [6, 6.07) is 0.0435. The third-order valence-corrected chi connectivity index (χ3v) is 6.36. The van der Waals surface area contributed by atoms with E-state index in [9.17, 15) is 9.59 Å². The maximum absolute atomic E-state index is 12.2. The van der Waals surface area contributed by atoms with Crippen molar-refractivity contribution in [3.63, 3.8) is 0 Å². The molecule has 1 aromatic heterocycles. The molecule has 24 heavy (non-hydrogen) atoms. The van der Waals surface area contributed by atoms with Gasteiger partial charge >= 0.3 is 6.09 Å². The second-order valence-electron chi connectivity index (χ2n) is 7.27. The van der Waals surface area contributed by atoms with Crippen molar-refractivity contribution >= 4 is 23.3 Å². The maximum atomic E-state index is 12.2. The highest BCUT2D eigenvalue weighted by Gasteiger charge is 2.63. The summed E-state index contributed by atoms with van der Waals surface area (Å²) in [6.07, 6.45) is 3.64. The third kappa shape index (κ3) is 2.23. The molecule has 1 unspecified atom stereocenters. The Bertz CT molecular complexity index is 669. The van der Waals surface area contributed by atoms with Gasteiger partial charge in [0.05, 0.1) is 25.7 Å². The summed E-state index contributed by atoms with van der Waals surface area (Å²) in [4.78, 5) is 34.9. The predicted octanol–water partition coefficient (Wildman–Crippen LogP) is 0.771. The molecule has 1 spiro atoms. The largest absolute Gasteiger partial charge is 0.437 e. The minimum absolute atomic E-state index is 0.0435. The van der Waals surface area contributed by atoms with Gasteiger partial charge in [0.2, 0.25) is 5.91 Å². The number of hydrogen-bond acceptors (Lipinski definition) is 6. The molecular formula is C16H20N4O3S. The van der Waals surface area contributed by atoms with Crippen molar-refractivity contribution < 1.29 is 14.3 Å². The molecule has 4 aliphatic rings. The lowest BCUT2D eigenvalue weighted by atomic mass is 9.84. The van der Waals surface area contributed by atoms with Crippen molar-refractivity contribution in [1.29, 1.82) is 0 Å². The summed E-state index contributed by atoms with van der Waals surface area (Å²) >= 11 is 1.66. The fourth-order valence-corrected chi connectivity index (χ4v) is 4.75. The Morgan fingerprint density at radius 3 is 2.92 bits per heavy atom. The highest BCUT2D eigenvalue weighted by Crippen LogP contribution is 2.42. The Labute approximate surface area is 144 Å². The van der Waals surface area contributed by atoms with Crippen LogP contribution in [0, 0.1) is 5.92 Å². The standard InChI is InChI=1S/C16H20N4O3S/c21-14(11-1-2-11)19-9-16(10-19)12-7-18(8-13-17-3-6-24-13)4-5-20(12)15(22)23-16/h3,6,11-12H,1-2,4-5,7-10H2. The predicted molar refractivity (Wildman–Crippen MR) is 86.4 cm³/mol. The molecule has 1 saturated carbocycles. The Balaban J connectivity index is 1.29. The van der Waals surface area contributed by atoms with Crippen molar-refractivity contribution in [2.45, 2.75) is 31.0 Å². The molecular weight excluding hydrogens is 328 g/mol. The van der Waals surface area contributed by atoms with Gasteiger partial charge in [-0.2, -0.15) is 0 Å². The summed E-state index contributed by atoms with van der Waals surface area (Å²) < 4.78 is 5.75. The average molecular weight is 348 g/mol. The second-order valence-corrected chi connectivity index (χ2v) is 8.25. The molecule has 0 N–H and O–H groups in total. The van der Waals surface area contributed by atoms with Gasteiger partial charge in [0, 0.05) is 37.1 Å². The van der Waals surface area contributed by atoms with Gasteiger partial charge in [-0.1, -0.05) is 0 Å². The van der Waals surface area contributed by atoms with Gasteiger partial charge in [-0.25, -0.2) is 9.78 Å². The van der Waals surface area contributed by atoms with E-state index in [-0.39, 0.29) is 24.0 Å². The van der Waals surface area contributed by atoms with E-state index >= 15 is 0 Å². The first kappa shape index (κ1) is 14.7. The van der Waals surface area contributed by atoms with Crippen molar-refractivity contribution in [2.24, 2.45) is 5.92 Å². The SMILES string of the molecule is O=C(C1CC1)N1CC2(C1)OC(=O)N1CCN(Cc3nccs3)CC12. The van der Waals surface area contributed by atoms with Gasteiger partial charge in [0.15, 0.2) is 5.60 Å². The number of amides is 2. The molecule has 128 valence electrons. The Hall–Kier alpha value is -1.67. The van der Waals surface area contributed by atoms with Crippen molar-refractivity contribution in [1.82, 2.24) is 19.7 Å². The number of piperazine rings is 1. The molecule has 3 saturated heterocycles. The lowest BCUT2D eigenvalue weighted by molar-refractivity contribution is -0.157. The van der Waals surface area contributed by atoms with Gasteiger partial charge in [-0.3, -0.25) is 14.6 Å². The number of likely N-dealkylation sites (tertiary alicyclic amines) is 1. The molecule has 4 heterocycles. The van der Waals surface area contributed by atoms with E-state index in [0.717, 1.165) is 37.5 Å². The highest BCUT2D eigenvalue weighted by molar-refractivity contribution is 7.09. The van der Waals surface area contributed by atoms with Gasteiger partial charge in [0.1, 0.15) is 5.01 Å². The smallest absolute Gasteiger partial charge is 0.411 e. The molecule has 1 aromatic rings. The van der Waals surface area contributed by atoms with Crippen molar-refractivity contribution in [3.05, 3.63) is 16.6 Å². The number of ether oxygens (including phenoxy) is 1. The zero-order valence-electron chi connectivity index (χ0n) is 13.4. The van der Waals surface area contributed by atoms with Crippen LogP contribution in [-0.4, -0.2) is 76.1 Å². The number of aromatic nitrogens is 1. The van der Waals surface area contributed by atoms with E-state index in [4.69, 9.17) is 4.74 Å². The van der Waals surface area contributed by atoms with Crippen LogP contribution in [0.15, 0.2) is 11.6 Å². The number of thiazole rings is 1. The number of rotatable bonds is 3. The molecule has 8 heteroatoms. The molecule has 0 bridgehead atoms. The molecule has 5 rings (SSSR count). The Kier molecular flexibility index (Phi) is 3.15. The van der Waals surface area contributed by atoms with E-state index < -0.39 is 5.60 Å². The molecule has 0 aromatic carbocycles. The van der Waals surface area contributed by atoms with Crippen LogP contribution in [0.1, 0.15) is 17.8 Å². The molecule has 7 nitrogen and oxygen atoms in total. The monoisotopic (exact) mass is 348 g/mol. The van der Waals surface area contributed by atoms with E-state index in [1.807, 2.05) is 21.4 Å². The van der Waals surface area contributed by atoms with E-state index in [0.29, 0.717) is 19.6 Å². The minimum Gasteiger partial charge on any atom is -0.437 e. The van der Waals surface area contributed by atoms with Crippen LogP contribution in [0.4, 0.5) is 4.79 Å². The number of hydrogen-bond donors (Lipinski definition) is 0. The fraction of sp³-hybridized carbons (Fsp3) is 0.688. The zero-order valence-corrected chi connectivity index (χ0v) is 14.2. The van der Waals surface area contributed by atoms with E-state index in [2.05, 4.69) is 9.88 Å². The second kappa shape index (κ2) is 5.16. The lowest BCUT2D eigenvalue weighted by Gasteiger charge is -2.51. The number of nitrogens with zero attached hydrogens (tertiary/aromatic N) is 4. The van der Waals surface area contributed by atoms with Gasteiger partial charge < -0.3 is 9.64 Å². The van der Waals surface area contributed by atoms with Crippen LogP contribution in [-0.2, 0) is 16.1 Å². The third-order valence-electron chi connectivity index (χ3n) is 5.59. The summed E-state index contributed by atoms with van der Waals surface area (Å²) in [6.45, 7) is 4.24. The first-order chi connectivity index (χ1) is 11.6. The summed E-state index contributed by atoms with van der Waals surface area (Å²) in [5.74, 6) is 0.467. The van der Waals surface area contributed by atoms with Crippen LogP contribution in [0.3, 0.4) is 0 Å². The van der Waals surface area contributed by atoms with Crippen LogP contribution < -0.4 is 0 Å². The first-order valence-electron chi connectivity index (χ1n) is 8.54. The zero-order chi connectivity index (χ0) is 16.3. The molecule has 0 radical (unpaired) electrons. The molecule has 4 fully saturated rings. The fourth-order valence-electron chi connectivity index (χ4n) is 4.09. The molecule has 1 aliphatic carbocycles. The lowest BCUT2D eigenvalue weighted by Crippen LogP contribution is -2.72. The summed E-state index contributed by atoms with van der Waals surface area (Å²) in [7, 11) is 0. The van der Waals surface area contributed by atoms with Gasteiger partial charge in [-0.15, -0.1) is 11.3 Å². The summed E-state index contributed by atoms with van der Waals surface area (Å²) in [5.41, 5.74) is -0.497. The number of carbonyl (C=O) groups is 2. The van der Waals surface area contributed by atoms with Crippen LogP contribution in [0.5, 0.6) is 0 Å². The van der Waals surface area contributed by atoms with Crippen molar-refractivity contribution in [2.75, 3.05) is 32.7 Å². The first-order valence-corrected chi connectivity index (χ1v) is 9.42. The molecule has 3 aliphatic heterocycles. The van der Waals surface area contributed by atoms with Crippen LogP contribution in [0.25, 0.3) is 0 Å². The van der Waals surface area contributed by atoms with Gasteiger partial charge in [-0.05, 0) is 12.8 Å². The Morgan fingerprint density at radius 2 is 2.21 bits per heavy atom. The van der Waals surface area contributed by atoms with Gasteiger partial charge in [0.25, 0.3) is 0 Å². The van der Waals surface area contributed by atoms with E-state index in [1.54, 1.807) is 11.3 Å². The quantitative estimate of drug-likeness (QED) is 0.807. The van der Waals surface area contributed by atoms with E-state index in [1.165, 1.54) is 0 Å². The normalized spacial score (nSPS) is 28.7. The number of fused-ring (bicyclic) bond motifs is 2. The molecule has 2 amide bonds. The maximum Gasteiger partial charge on any atom is 0.411 e. The van der Waals surface area contributed by atoms with Crippen molar-refractivity contribution in [3.8, 4) is 0 Å². The number of carbonyl (C=O) groups excluding carboxylic acids is 2. The highest BCUT2D eigenvalue weighted by atomic mass is 32.1. The minimum atomic E-state index is -0.497. The average Bonchev–Trinajstić information content (AvgIpc) is 3.19. The molecule has 1 atom stereocenters.